The van der Waals surface area contributed by atoms with Gasteiger partial charge in [0.1, 0.15) is 12.4 Å². The molecule has 4 rings (SSSR count). The van der Waals surface area contributed by atoms with Crippen LogP contribution in [0, 0.1) is 24.1 Å². The predicted molar refractivity (Wildman–Crippen MR) is 147 cm³/mol. The molecule has 1 N–H and O–H groups in total. The number of hydrogen-bond acceptors (Lipinski definition) is 4. The van der Waals surface area contributed by atoms with Crippen molar-refractivity contribution in [2.24, 2.45) is 11.3 Å². The molecule has 0 spiro atoms. The van der Waals surface area contributed by atoms with Crippen molar-refractivity contribution in [3.05, 3.63) is 77.0 Å². The number of benzene rings is 1. The van der Waals surface area contributed by atoms with Crippen LogP contribution in [-0.4, -0.2) is 27.7 Å². The van der Waals surface area contributed by atoms with Crippen LogP contribution in [0.15, 0.2) is 48.8 Å². The Morgan fingerprint density at radius 2 is 1.86 bits per heavy atom. The lowest BCUT2D eigenvalue weighted by Crippen LogP contribution is -2.17. The first-order chi connectivity index (χ1) is 17.3. The second kappa shape index (κ2) is 10.7. The average molecular weight is 525 g/mol. The maximum absolute atomic E-state index is 14.8. The molecular weight excluding hydrogens is 486 g/mol. The van der Waals surface area contributed by atoms with Crippen LogP contribution in [0.4, 0.5) is 4.39 Å². The molecule has 0 radical (unpaired) electrons. The van der Waals surface area contributed by atoms with Gasteiger partial charge in [-0.1, -0.05) is 45.9 Å². The third kappa shape index (κ3) is 7.06. The molecule has 1 aliphatic rings. The largest absolute Gasteiger partial charge is 0.473 e. The number of pyridine rings is 2. The van der Waals surface area contributed by atoms with Crippen LogP contribution in [0.5, 0.6) is 5.88 Å². The van der Waals surface area contributed by atoms with Crippen LogP contribution in [-0.2, 0) is 11.2 Å². The lowest BCUT2D eigenvalue weighted by molar-refractivity contribution is 0.292. The highest BCUT2D eigenvalue weighted by Crippen LogP contribution is 2.50. The van der Waals surface area contributed by atoms with Crippen LogP contribution < -0.4 is 4.74 Å². The minimum Gasteiger partial charge on any atom is -0.473 e. The Balaban J connectivity index is 1.60. The summed E-state index contributed by atoms with van der Waals surface area (Å²) in [7, 11) is -3.14. The molecule has 1 saturated carbocycles. The van der Waals surface area contributed by atoms with Crippen molar-refractivity contribution in [1.29, 1.82) is 0 Å². The van der Waals surface area contributed by atoms with E-state index in [2.05, 4.69) is 43.7 Å². The van der Waals surface area contributed by atoms with Gasteiger partial charge in [-0.15, -0.1) is 0 Å². The molecular formula is C30H38FN2O3P. The minimum atomic E-state index is -3.14. The van der Waals surface area contributed by atoms with Gasteiger partial charge in [-0.05, 0) is 77.3 Å². The van der Waals surface area contributed by atoms with E-state index in [0.29, 0.717) is 24.0 Å². The number of ether oxygens (including phenoxy) is 1. The Morgan fingerprint density at radius 1 is 1.14 bits per heavy atom. The second-order valence-corrected chi connectivity index (χ2v) is 14.2. The zero-order valence-corrected chi connectivity index (χ0v) is 23.6. The maximum atomic E-state index is 14.8. The first-order valence-corrected chi connectivity index (χ1v) is 15.2. The van der Waals surface area contributed by atoms with E-state index in [1.165, 1.54) is 12.9 Å². The summed E-state index contributed by atoms with van der Waals surface area (Å²) in [4.78, 5) is 18.5. The quantitative estimate of drug-likeness (QED) is 0.290. The van der Waals surface area contributed by atoms with Crippen molar-refractivity contribution in [1.82, 2.24) is 9.97 Å². The van der Waals surface area contributed by atoms with E-state index in [-0.39, 0.29) is 29.2 Å². The van der Waals surface area contributed by atoms with Crippen molar-refractivity contribution < 1.29 is 18.6 Å². The number of aromatic nitrogens is 2. The van der Waals surface area contributed by atoms with Crippen LogP contribution in [0.1, 0.15) is 74.8 Å². The molecule has 0 amide bonds. The van der Waals surface area contributed by atoms with E-state index in [4.69, 9.17) is 4.74 Å². The average Bonchev–Trinajstić information content (AvgIpc) is 3.67. The van der Waals surface area contributed by atoms with Crippen molar-refractivity contribution in [3.63, 3.8) is 0 Å². The van der Waals surface area contributed by atoms with Gasteiger partial charge in [0.05, 0.1) is 6.20 Å². The van der Waals surface area contributed by atoms with Crippen molar-refractivity contribution >= 4 is 7.37 Å². The standard InChI is InChI=1S/C30H38FN2O3P/c1-19-13-26(28(31)16-33-19)24-10-7-21(14-25(24)20(2)30(3,4)5)17-36-29-15-23(11-12-32-29)27(22-8-9-22)18-37(6,34)35/h7,10-16,20,22,27H,8-9,17-18H2,1-6H3,(H,34,35)/t20-,27+/m1/s1. The molecule has 1 aliphatic carbocycles. The molecule has 3 aromatic rings. The highest BCUT2D eigenvalue weighted by Gasteiger charge is 2.35. The third-order valence-electron chi connectivity index (χ3n) is 7.46. The SMILES string of the molecule is Cc1cc(-c2ccc(COc3cc([C@@H](CP(C)(=O)O)C4CC4)ccn3)cc2[C@@H](C)C(C)(C)C)c(F)cn1. The van der Waals surface area contributed by atoms with E-state index in [9.17, 15) is 13.8 Å². The molecule has 3 atom stereocenters. The molecule has 0 aliphatic heterocycles. The van der Waals surface area contributed by atoms with Gasteiger partial charge in [0.2, 0.25) is 5.88 Å². The number of aryl methyl sites for hydroxylation is 1. The summed E-state index contributed by atoms with van der Waals surface area (Å²) in [6.07, 6.45) is 5.45. The van der Waals surface area contributed by atoms with Crippen LogP contribution >= 0.6 is 7.37 Å². The van der Waals surface area contributed by atoms with E-state index < -0.39 is 7.37 Å². The molecule has 7 heteroatoms. The number of nitrogens with zero attached hydrogens (tertiary/aromatic N) is 2. The summed E-state index contributed by atoms with van der Waals surface area (Å²) in [5.41, 5.74) is 5.22. The Hall–Kier alpha value is -2.56. The Morgan fingerprint density at radius 3 is 2.51 bits per heavy atom. The summed E-state index contributed by atoms with van der Waals surface area (Å²) >= 11 is 0. The van der Waals surface area contributed by atoms with Crippen LogP contribution in [0.2, 0.25) is 0 Å². The Bertz CT molecular complexity index is 1310. The molecule has 0 saturated heterocycles. The van der Waals surface area contributed by atoms with Gasteiger partial charge in [-0.25, -0.2) is 9.37 Å². The molecule has 1 aromatic carbocycles. The van der Waals surface area contributed by atoms with Crippen molar-refractivity contribution in [2.45, 2.75) is 65.9 Å². The molecule has 2 aromatic heterocycles. The zero-order valence-electron chi connectivity index (χ0n) is 22.7. The third-order valence-corrected chi connectivity index (χ3v) is 8.53. The normalized spacial score (nSPS) is 17.2. The summed E-state index contributed by atoms with van der Waals surface area (Å²) in [5.74, 6) is 0.824. The van der Waals surface area contributed by atoms with E-state index in [1.54, 1.807) is 12.3 Å². The zero-order chi connectivity index (χ0) is 27.0. The number of rotatable bonds is 9. The lowest BCUT2D eigenvalue weighted by Gasteiger charge is -2.30. The van der Waals surface area contributed by atoms with Gasteiger partial charge in [-0.3, -0.25) is 9.55 Å². The predicted octanol–water partition coefficient (Wildman–Crippen LogP) is 7.71. The van der Waals surface area contributed by atoms with E-state index >= 15 is 0 Å². The molecule has 1 unspecified atom stereocenters. The molecule has 37 heavy (non-hydrogen) atoms. The summed E-state index contributed by atoms with van der Waals surface area (Å²) in [5, 5.41) is 0. The fourth-order valence-electron chi connectivity index (χ4n) is 4.80. The summed E-state index contributed by atoms with van der Waals surface area (Å²) < 4.78 is 33.0. The maximum Gasteiger partial charge on any atom is 0.213 e. The molecule has 5 nitrogen and oxygen atoms in total. The monoisotopic (exact) mass is 524 g/mol. The van der Waals surface area contributed by atoms with Crippen LogP contribution in [0.3, 0.4) is 0 Å². The van der Waals surface area contributed by atoms with Crippen molar-refractivity contribution in [2.75, 3.05) is 12.8 Å². The highest BCUT2D eigenvalue weighted by atomic mass is 31.2. The van der Waals surface area contributed by atoms with Crippen molar-refractivity contribution in [3.8, 4) is 17.0 Å². The highest BCUT2D eigenvalue weighted by molar-refractivity contribution is 7.57. The van der Waals surface area contributed by atoms with Gasteiger partial charge < -0.3 is 9.63 Å². The molecule has 0 bridgehead atoms. The van der Waals surface area contributed by atoms with E-state index in [0.717, 1.165) is 40.8 Å². The molecule has 198 valence electrons. The topological polar surface area (TPSA) is 72.3 Å². The minimum absolute atomic E-state index is 0.0219. The Kier molecular flexibility index (Phi) is 7.92. The Labute approximate surface area is 220 Å². The van der Waals surface area contributed by atoms with Gasteiger partial charge in [0.25, 0.3) is 0 Å². The summed E-state index contributed by atoms with van der Waals surface area (Å²) in [6, 6.07) is 11.7. The summed E-state index contributed by atoms with van der Waals surface area (Å²) in [6.45, 7) is 12.3. The first-order valence-electron chi connectivity index (χ1n) is 12.9. The number of hydrogen-bond donors (Lipinski definition) is 1. The molecule has 1 fully saturated rings. The number of halogens is 1. The van der Waals surface area contributed by atoms with E-state index in [1.807, 2.05) is 31.2 Å². The first kappa shape index (κ1) is 27.5. The van der Waals surface area contributed by atoms with Gasteiger partial charge in [-0.2, -0.15) is 0 Å². The molecule has 2 heterocycles. The van der Waals surface area contributed by atoms with Gasteiger partial charge >= 0.3 is 0 Å². The fourth-order valence-corrected chi connectivity index (χ4v) is 6.04. The fraction of sp³-hybridized carbons (Fsp3) is 0.467. The van der Waals surface area contributed by atoms with Gasteiger partial charge in [0.15, 0.2) is 7.37 Å². The second-order valence-electron chi connectivity index (χ2n) is 11.7. The van der Waals surface area contributed by atoms with Gasteiger partial charge in [0, 0.05) is 36.3 Å². The van der Waals surface area contributed by atoms with Crippen LogP contribution in [0.25, 0.3) is 11.1 Å². The lowest BCUT2D eigenvalue weighted by atomic mass is 9.75. The smallest absolute Gasteiger partial charge is 0.213 e.